The lowest BCUT2D eigenvalue weighted by Gasteiger charge is -2.63. The second-order valence-corrected chi connectivity index (χ2v) is 10.1. The van der Waals surface area contributed by atoms with Crippen molar-refractivity contribution in [2.24, 2.45) is 28.6 Å². The Labute approximate surface area is 175 Å². The molecule has 3 atom stereocenters. The number of carbonyl (C=O) groups is 2. The average Bonchev–Trinajstić information content (AvgIpc) is 3.32. The molecule has 30 heavy (non-hydrogen) atoms. The van der Waals surface area contributed by atoms with Crippen LogP contribution in [0.1, 0.15) is 55.4 Å². The minimum atomic E-state index is -0.278. The van der Waals surface area contributed by atoms with E-state index in [0.29, 0.717) is 36.5 Å². The van der Waals surface area contributed by atoms with Crippen molar-refractivity contribution >= 4 is 23.3 Å². The number of aliphatic hydroxyl groups is 1. The molecule has 7 nitrogen and oxygen atoms in total. The minimum Gasteiger partial charge on any atom is -0.396 e. The number of aliphatic hydroxyl groups excluding tert-OH is 1. The van der Waals surface area contributed by atoms with Crippen LogP contribution >= 0.6 is 0 Å². The number of anilines is 1. The third kappa shape index (κ3) is 2.57. The lowest BCUT2D eigenvalue weighted by Crippen LogP contribution is -2.56. The van der Waals surface area contributed by atoms with Crippen LogP contribution in [0.3, 0.4) is 0 Å². The summed E-state index contributed by atoms with van der Waals surface area (Å²) in [6, 6.07) is 5.52. The lowest BCUT2D eigenvalue weighted by atomic mass is 9.41. The third-order valence-electron chi connectivity index (χ3n) is 8.48. The summed E-state index contributed by atoms with van der Waals surface area (Å²) in [7, 11) is 0. The van der Waals surface area contributed by atoms with E-state index in [1.807, 2.05) is 18.2 Å². The Morgan fingerprint density at radius 3 is 2.73 bits per heavy atom. The van der Waals surface area contributed by atoms with Gasteiger partial charge in [0.25, 0.3) is 5.91 Å². The van der Waals surface area contributed by atoms with E-state index in [1.54, 1.807) is 10.6 Å². The molecule has 2 aromatic rings. The number of hydrogen-bond acceptors (Lipinski definition) is 4. The van der Waals surface area contributed by atoms with Crippen molar-refractivity contribution in [3.05, 3.63) is 30.1 Å². The van der Waals surface area contributed by atoms with E-state index >= 15 is 0 Å². The Hall–Kier alpha value is -2.41. The molecule has 2 heterocycles. The summed E-state index contributed by atoms with van der Waals surface area (Å²) in [6.45, 7) is 0.436. The van der Waals surface area contributed by atoms with Crippen LogP contribution in [0.4, 0.5) is 5.82 Å². The summed E-state index contributed by atoms with van der Waals surface area (Å²) in [5, 5.41) is 14.7. The Kier molecular flexibility index (Phi) is 3.85. The monoisotopic (exact) mass is 408 g/mol. The fourth-order valence-corrected chi connectivity index (χ4v) is 7.29. The quantitative estimate of drug-likeness (QED) is 0.614. The first-order valence-corrected chi connectivity index (χ1v) is 11.2. The van der Waals surface area contributed by atoms with E-state index in [1.165, 1.54) is 32.1 Å². The number of aromatic nitrogens is 2. The van der Waals surface area contributed by atoms with E-state index in [9.17, 15) is 9.59 Å². The summed E-state index contributed by atoms with van der Waals surface area (Å²) in [5.41, 5.74) is 1.85. The molecule has 0 radical (unpaired) electrons. The van der Waals surface area contributed by atoms with E-state index in [-0.39, 0.29) is 23.8 Å². The highest BCUT2D eigenvalue weighted by atomic mass is 16.3. The minimum absolute atomic E-state index is 0.0341. The predicted molar refractivity (Wildman–Crippen MR) is 111 cm³/mol. The molecule has 6 fully saturated rings. The van der Waals surface area contributed by atoms with Crippen molar-refractivity contribution < 1.29 is 14.7 Å². The molecule has 7 heteroatoms. The van der Waals surface area contributed by atoms with Gasteiger partial charge < -0.3 is 15.7 Å². The van der Waals surface area contributed by atoms with E-state index < -0.39 is 0 Å². The second-order valence-electron chi connectivity index (χ2n) is 10.1. The van der Waals surface area contributed by atoms with E-state index in [4.69, 9.17) is 5.11 Å². The number of rotatable bonds is 7. The third-order valence-corrected chi connectivity index (χ3v) is 8.48. The van der Waals surface area contributed by atoms with Gasteiger partial charge in [-0.25, -0.2) is 4.98 Å². The van der Waals surface area contributed by atoms with Crippen LogP contribution in [-0.2, 0) is 4.79 Å². The van der Waals surface area contributed by atoms with Gasteiger partial charge in [0.05, 0.1) is 0 Å². The molecular formula is C23H28N4O3. The molecule has 2 amide bonds. The van der Waals surface area contributed by atoms with Gasteiger partial charge in [-0.05, 0) is 79.2 Å². The van der Waals surface area contributed by atoms with Gasteiger partial charge in [0.2, 0.25) is 5.91 Å². The number of nitrogens with one attached hydrogen (secondary N) is 2. The summed E-state index contributed by atoms with van der Waals surface area (Å²) in [6.07, 6.45) is 9.30. The standard InChI is InChI=1S/C23H28N4O3/c28-6-2-5-24-21(30)17-13-27-18(25-17)3-1-4-19(27)26-20(29)12-22-8-14-7-15(9-22)23(14)11-16(23)10-22/h1,3-4,13-16,28H,2,5-12H2,(H,24,30)(H,26,29). The van der Waals surface area contributed by atoms with Gasteiger partial charge in [-0.15, -0.1) is 0 Å². The predicted octanol–water partition coefficient (Wildman–Crippen LogP) is 2.60. The van der Waals surface area contributed by atoms with Gasteiger partial charge >= 0.3 is 0 Å². The molecule has 6 aliphatic rings. The maximum absolute atomic E-state index is 13.0. The number of pyridine rings is 1. The van der Waals surface area contributed by atoms with Crippen LogP contribution in [0, 0.1) is 28.6 Å². The van der Waals surface area contributed by atoms with Crippen molar-refractivity contribution in [3.8, 4) is 0 Å². The number of amides is 2. The number of nitrogens with zero attached hydrogens (tertiary/aromatic N) is 2. The van der Waals surface area contributed by atoms with E-state index in [0.717, 1.165) is 23.2 Å². The lowest BCUT2D eigenvalue weighted by molar-refractivity contribution is -0.149. The van der Waals surface area contributed by atoms with Gasteiger partial charge in [-0.2, -0.15) is 0 Å². The molecule has 4 bridgehead atoms. The summed E-state index contributed by atoms with van der Waals surface area (Å²) in [5.74, 6) is 3.09. The van der Waals surface area contributed by atoms with Crippen molar-refractivity contribution in [2.75, 3.05) is 18.5 Å². The number of hydrogen-bond donors (Lipinski definition) is 3. The first-order chi connectivity index (χ1) is 14.5. The molecular weight excluding hydrogens is 380 g/mol. The van der Waals surface area contributed by atoms with Crippen LogP contribution in [0.5, 0.6) is 0 Å². The molecule has 6 saturated carbocycles. The highest BCUT2D eigenvalue weighted by molar-refractivity contribution is 5.94. The summed E-state index contributed by atoms with van der Waals surface area (Å²) in [4.78, 5) is 29.7. The van der Waals surface area contributed by atoms with Crippen LogP contribution < -0.4 is 10.6 Å². The van der Waals surface area contributed by atoms with Crippen molar-refractivity contribution in [1.29, 1.82) is 0 Å². The fourth-order valence-electron chi connectivity index (χ4n) is 7.29. The van der Waals surface area contributed by atoms with Crippen LogP contribution in [0.25, 0.3) is 5.65 Å². The first-order valence-electron chi connectivity index (χ1n) is 11.2. The largest absolute Gasteiger partial charge is 0.396 e. The summed E-state index contributed by atoms with van der Waals surface area (Å²) >= 11 is 0. The van der Waals surface area contributed by atoms with Crippen LogP contribution in [0.2, 0.25) is 0 Å². The highest BCUT2D eigenvalue weighted by Crippen LogP contribution is 2.85. The molecule has 158 valence electrons. The van der Waals surface area contributed by atoms with Gasteiger partial charge in [0.1, 0.15) is 17.2 Å². The summed E-state index contributed by atoms with van der Waals surface area (Å²) < 4.78 is 1.77. The second kappa shape index (κ2) is 6.30. The normalized spacial score (nSPS) is 34.9. The van der Waals surface area contributed by atoms with Crippen molar-refractivity contribution in [3.63, 3.8) is 0 Å². The van der Waals surface area contributed by atoms with Gasteiger partial charge in [-0.3, -0.25) is 14.0 Å². The molecule has 1 spiro atoms. The zero-order chi connectivity index (χ0) is 20.5. The van der Waals surface area contributed by atoms with Crippen molar-refractivity contribution in [1.82, 2.24) is 14.7 Å². The molecule has 6 aliphatic carbocycles. The molecule has 0 saturated heterocycles. The Bertz CT molecular complexity index is 1030. The molecule has 3 unspecified atom stereocenters. The topological polar surface area (TPSA) is 95.7 Å². The van der Waals surface area contributed by atoms with Gasteiger partial charge in [-0.1, -0.05) is 6.07 Å². The van der Waals surface area contributed by atoms with Gasteiger partial charge in [0, 0.05) is 25.8 Å². The van der Waals surface area contributed by atoms with Crippen LogP contribution in [-0.4, -0.2) is 39.5 Å². The molecule has 8 rings (SSSR count). The average molecular weight is 409 g/mol. The molecule has 3 N–H and O–H groups in total. The highest BCUT2D eigenvalue weighted by Gasteiger charge is 2.77. The Morgan fingerprint density at radius 2 is 1.97 bits per heavy atom. The zero-order valence-electron chi connectivity index (χ0n) is 17.1. The SMILES string of the molecule is O=C(CC12CC3CC(C1)C31CC1C2)Nc1cccc2nc(C(=O)NCCCO)cn12. The molecule has 2 aromatic heterocycles. The number of carbonyl (C=O) groups excluding carboxylic acids is 2. The first kappa shape index (κ1) is 18.4. The Balaban J connectivity index is 1.17. The number of fused-ring (bicyclic) bond motifs is 1. The van der Waals surface area contributed by atoms with Crippen LogP contribution in [0.15, 0.2) is 24.4 Å². The maximum Gasteiger partial charge on any atom is 0.271 e. The fraction of sp³-hybridized carbons (Fsp3) is 0.609. The smallest absolute Gasteiger partial charge is 0.271 e. The molecule has 0 aromatic carbocycles. The number of imidazole rings is 1. The zero-order valence-corrected chi connectivity index (χ0v) is 17.1. The van der Waals surface area contributed by atoms with Gasteiger partial charge in [0.15, 0.2) is 0 Å². The Morgan fingerprint density at radius 1 is 1.17 bits per heavy atom. The van der Waals surface area contributed by atoms with E-state index in [2.05, 4.69) is 15.6 Å². The van der Waals surface area contributed by atoms with Crippen molar-refractivity contribution in [2.45, 2.75) is 44.9 Å². The maximum atomic E-state index is 13.0. The molecule has 0 aliphatic heterocycles.